The molecule has 23 heavy (non-hydrogen) atoms. The highest BCUT2D eigenvalue weighted by atomic mass is 19.1. The molecule has 122 valence electrons. The first-order valence-corrected chi connectivity index (χ1v) is 7.85. The fourth-order valence-corrected chi connectivity index (χ4v) is 3.42. The summed E-state index contributed by atoms with van der Waals surface area (Å²) in [5.41, 5.74) is 6.07. The number of halogens is 1. The maximum absolute atomic E-state index is 13.4. The van der Waals surface area contributed by atoms with Gasteiger partial charge in [0.25, 0.3) is 5.91 Å². The first-order chi connectivity index (χ1) is 11.0. The summed E-state index contributed by atoms with van der Waals surface area (Å²) in [5.74, 6) is -0.345. The van der Waals surface area contributed by atoms with E-state index in [1.807, 2.05) is 0 Å². The smallest absolute Gasteiger partial charge is 0.255 e. The first kappa shape index (κ1) is 15.7. The Bertz CT molecular complexity index is 802. The third-order valence-electron chi connectivity index (χ3n) is 4.65. The highest BCUT2D eigenvalue weighted by molar-refractivity contribution is 6.06. The molecule has 2 heterocycles. The van der Waals surface area contributed by atoms with Crippen molar-refractivity contribution in [3.8, 4) is 0 Å². The van der Waals surface area contributed by atoms with Gasteiger partial charge in [-0.05, 0) is 37.0 Å². The quantitative estimate of drug-likeness (QED) is 0.887. The highest BCUT2D eigenvalue weighted by Crippen LogP contribution is 2.26. The van der Waals surface area contributed by atoms with Crippen LogP contribution in [0, 0.1) is 11.7 Å². The van der Waals surface area contributed by atoms with Crippen molar-refractivity contribution in [2.75, 3.05) is 13.1 Å². The number of nitrogens with one attached hydrogen (secondary N) is 1. The monoisotopic (exact) mass is 317 g/mol. The molecule has 0 unspecified atom stereocenters. The van der Waals surface area contributed by atoms with Crippen molar-refractivity contribution in [2.45, 2.75) is 25.8 Å². The van der Waals surface area contributed by atoms with Gasteiger partial charge in [0, 0.05) is 30.6 Å². The first-order valence-electron chi connectivity index (χ1n) is 7.85. The summed E-state index contributed by atoms with van der Waals surface area (Å²) in [6.45, 7) is 3.10. The number of benzene rings is 1. The van der Waals surface area contributed by atoms with Crippen molar-refractivity contribution < 1.29 is 9.18 Å². The SMILES string of the molecule is C[C@@H]1CCCN(C(=O)c2cc(=O)[nH]c3cc(F)ccc23)[C@H]1CN. The lowest BCUT2D eigenvalue weighted by atomic mass is 9.90. The average molecular weight is 317 g/mol. The summed E-state index contributed by atoms with van der Waals surface area (Å²) in [4.78, 5) is 29.2. The zero-order valence-corrected chi connectivity index (χ0v) is 13.0. The van der Waals surface area contributed by atoms with Gasteiger partial charge in [0.15, 0.2) is 0 Å². The highest BCUT2D eigenvalue weighted by Gasteiger charge is 2.32. The van der Waals surface area contributed by atoms with Gasteiger partial charge in [-0.25, -0.2) is 4.39 Å². The normalized spacial score (nSPS) is 21.6. The molecule has 1 aliphatic heterocycles. The van der Waals surface area contributed by atoms with Gasteiger partial charge in [-0.3, -0.25) is 9.59 Å². The summed E-state index contributed by atoms with van der Waals surface area (Å²) in [6.07, 6.45) is 1.95. The number of pyridine rings is 1. The second-order valence-corrected chi connectivity index (χ2v) is 6.16. The fraction of sp³-hybridized carbons (Fsp3) is 0.412. The molecule has 0 radical (unpaired) electrons. The van der Waals surface area contributed by atoms with E-state index in [2.05, 4.69) is 11.9 Å². The number of carbonyl (C=O) groups is 1. The summed E-state index contributed by atoms with van der Waals surface area (Å²) in [6, 6.07) is 5.29. The topological polar surface area (TPSA) is 79.2 Å². The van der Waals surface area contributed by atoms with Crippen LogP contribution in [0.1, 0.15) is 30.1 Å². The van der Waals surface area contributed by atoms with Crippen molar-refractivity contribution in [2.24, 2.45) is 11.7 Å². The minimum absolute atomic E-state index is 0.0361. The Morgan fingerprint density at radius 2 is 2.22 bits per heavy atom. The number of hydrogen-bond donors (Lipinski definition) is 2. The van der Waals surface area contributed by atoms with Crippen LogP contribution in [0.4, 0.5) is 4.39 Å². The lowest BCUT2D eigenvalue weighted by Crippen LogP contribution is -2.51. The van der Waals surface area contributed by atoms with E-state index in [-0.39, 0.29) is 11.9 Å². The molecule has 0 aliphatic carbocycles. The number of aromatic nitrogens is 1. The Morgan fingerprint density at radius 1 is 1.43 bits per heavy atom. The number of nitrogens with zero attached hydrogens (tertiary/aromatic N) is 1. The van der Waals surface area contributed by atoms with Crippen LogP contribution in [0.3, 0.4) is 0 Å². The number of piperidine rings is 1. The molecule has 1 aromatic heterocycles. The number of hydrogen-bond acceptors (Lipinski definition) is 3. The molecule has 2 atom stereocenters. The minimum atomic E-state index is -0.454. The van der Waals surface area contributed by atoms with Crippen LogP contribution in [0.2, 0.25) is 0 Å². The van der Waals surface area contributed by atoms with Gasteiger partial charge >= 0.3 is 0 Å². The summed E-state index contributed by atoms with van der Waals surface area (Å²) < 4.78 is 13.4. The molecular weight excluding hydrogens is 297 g/mol. The summed E-state index contributed by atoms with van der Waals surface area (Å²) >= 11 is 0. The van der Waals surface area contributed by atoms with Crippen molar-refractivity contribution in [3.63, 3.8) is 0 Å². The van der Waals surface area contributed by atoms with E-state index in [4.69, 9.17) is 5.73 Å². The van der Waals surface area contributed by atoms with Crippen LogP contribution < -0.4 is 11.3 Å². The van der Waals surface area contributed by atoms with Crippen LogP contribution in [0.15, 0.2) is 29.1 Å². The van der Waals surface area contributed by atoms with Crippen molar-refractivity contribution in [3.05, 3.63) is 46.0 Å². The third-order valence-corrected chi connectivity index (χ3v) is 4.65. The molecular formula is C17H20FN3O2. The third kappa shape index (κ3) is 2.86. The standard InChI is InChI=1S/C17H20FN3O2/c1-10-3-2-6-21(15(10)9-19)17(23)13-8-16(22)20-14-7-11(18)4-5-12(13)14/h4-5,7-8,10,15H,2-3,6,9,19H2,1H3,(H,20,22)/t10-,15+/m1/s1. The van der Waals surface area contributed by atoms with E-state index in [1.165, 1.54) is 24.3 Å². The number of nitrogens with two attached hydrogens (primary N) is 1. The molecule has 6 heteroatoms. The molecule has 1 aromatic carbocycles. The maximum atomic E-state index is 13.4. The Balaban J connectivity index is 2.08. The Kier molecular flexibility index (Phi) is 4.17. The lowest BCUT2D eigenvalue weighted by molar-refractivity contribution is 0.0534. The molecule has 1 saturated heterocycles. The van der Waals surface area contributed by atoms with Gasteiger partial charge in [0.1, 0.15) is 5.82 Å². The second-order valence-electron chi connectivity index (χ2n) is 6.16. The Labute approximate surface area is 133 Å². The summed E-state index contributed by atoms with van der Waals surface area (Å²) in [5, 5.41) is 0.546. The molecule has 1 amide bonds. The Hall–Kier alpha value is -2.21. The van der Waals surface area contributed by atoms with Gasteiger partial charge in [-0.1, -0.05) is 6.92 Å². The zero-order valence-electron chi connectivity index (χ0n) is 13.0. The van der Waals surface area contributed by atoms with Crippen LogP contribution in [0.25, 0.3) is 10.9 Å². The van der Waals surface area contributed by atoms with Crippen molar-refractivity contribution in [1.82, 2.24) is 9.88 Å². The average Bonchev–Trinajstić information content (AvgIpc) is 2.52. The largest absolute Gasteiger partial charge is 0.334 e. The van der Waals surface area contributed by atoms with Crippen LogP contribution in [0.5, 0.6) is 0 Å². The number of amides is 1. The molecule has 3 rings (SSSR count). The van der Waals surface area contributed by atoms with Crippen LogP contribution in [-0.2, 0) is 0 Å². The number of fused-ring (bicyclic) bond motifs is 1. The molecule has 2 aromatic rings. The predicted molar refractivity (Wildman–Crippen MR) is 86.8 cm³/mol. The number of likely N-dealkylation sites (tertiary alicyclic amines) is 1. The van der Waals surface area contributed by atoms with Crippen molar-refractivity contribution >= 4 is 16.8 Å². The molecule has 0 spiro atoms. The molecule has 5 nitrogen and oxygen atoms in total. The van der Waals surface area contributed by atoms with E-state index in [0.717, 1.165) is 12.8 Å². The second kappa shape index (κ2) is 6.12. The van der Waals surface area contributed by atoms with Gasteiger partial charge in [0.2, 0.25) is 5.56 Å². The Morgan fingerprint density at radius 3 is 2.96 bits per heavy atom. The lowest BCUT2D eigenvalue weighted by Gasteiger charge is -2.39. The van der Waals surface area contributed by atoms with Crippen LogP contribution >= 0.6 is 0 Å². The number of rotatable bonds is 2. The van der Waals surface area contributed by atoms with Gasteiger partial charge in [-0.2, -0.15) is 0 Å². The van der Waals surface area contributed by atoms with E-state index < -0.39 is 11.4 Å². The minimum Gasteiger partial charge on any atom is -0.334 e. The number of aromatic amines is 1. The van der Waals surface area contributed by atoms with E-state index in [9.17, 15) is 14.0 Å². The van der Waals surface area contributed by atoms with E-state index >= 15 is 0 Å². The molecule has 0 saturated carbocycles. The van der Waals surface area contributed by atoms with E-state index in [0.29, 0.717) is 35.5 Å². The summed E-state index contributed by atoms with van der Waals surface area (Å²) in [7, 11) is 0. The fourth-order valence-electron chi connectivity index (χ4n) is 3.42. The molecule has 1 fully saturated rings. The van der Waals surface area contributed by atoms with Gasteiger partial charge in [-0.15, -0.1) is 0 Å². The van der Waals surface area contributed by atoms with Gasteiger partial charge in [0.05, 0.1) is 11.1 Å². The number of H-pyrrole nitrogens is 1. The van der Waals surface area contributed by atoms with Crippen molar-refractivity contribution in [1.29, 1.82) is 0 Å². The zero-order chi connectivity index (χ0) is 16.6. The van der Waals surface area contributed by atoms with E-state index in [1.54, 1.807) is 4.90 Å². The van der Waals surface area contributed by atoms with Crippen LogP contribution in [-0.4, -0.2) is 34.9 Å². The number of carbonyl (C=O) groups excluding carboxylic acids is 1. The maximum Gasteiger partial charge on any atom is 0.255 e. The molecule has 3 N–H and O–H groups in total. The van der Waals surface area contributed by atoms with Gasteiger partial charge < -0.3 is 15.6 Å². The molecule has 0 bridgehead atoms. The predicted octanol–water partition coefficient (Wildman–Crippen LogP) is 1.87. The molecule has 1 aliphatic rings.